The molecule has 3 aromatic rings. The molecule has 0 aliphatic carbocycles. The highest BCUT2D eigenvalue weighted by Crippen LogP contribution is 2.36. The highest BCUT2D eigenvalue weighted by Gasteiger charge is 2.39. The van der Waals surface area contributed by atoms with E-state index in [9.17, 15) is 8.42 Å². The monoisotopic (exact) mass is 390 g/mol. The maximum Gasteiger partial charge on any atom is 0.245 e. The Bertz CT molecular complexity index is 1010. The number of rotatable bonds is 4. The number of hydrogen-bond acceptors (Lipinski definition) is 6. The van der Waals surface area contributed by atoms with Crippen molar-refractivity contribution in [3.8, 4) is 11.4 Å². The highest BCUT2D eigenvalue weighted by atomic mass is 35.5. The largest absolute Gasteiger partial charge is 0.337 e. The van der Waals surface area contributed by atoms with Crippen molar-refractivity contribution in [2.75, 3.05) is 6.54 Å². The van der Waals surface area contributed by atoms with Gasteiger partial charge in [0.2, 0.25) is 21.7 Å². The quantitative estimate of drug-likeness (QED) is 0.678. The molecule has 134 valence electrons. The van der Waals surface area contributed by atoms with Crippen LogP contribution in [0.5, 0.6) is 0 Å². The molecular weight excluding hydrogens is 376 g/mol. The molecule has 1 aliphatic rings. The Hall–Kier alpha value is -2.29. The first-order chi connectivity index (χ1) is 12.6. The molecule has 1 aliphatic heterocycles. The molecule has 0 spiro atoms. The molecule has 3 heterocycles. The van der Waals surface area contributed by atoms with Crippen LogP contribution in [0.1, 0.15) is 24.8 Å². The lowest BCUT2D eigenvalue weighted by Gasteiger charge is -2.21. The fraction of sp³-hybridized carbons (Fsp3) is 0.235. The second kappa shape index (κ2) is 6.79. The van der Waals surface area contributed by atoms with Crippen LogP contribution in [0.4, 0.5) is 0 Å². The Morgan fingerprint density at radius 1 is 1.19 bits per heavy atom. The van der Waals surface area contributed by atoms with Crippen LogP contribution in [0.3, 0.4) is 0 Å². The number of nitrogens with zero attached hydrogens (tertiary/aromatic N) is 4. The molecule has 2 aromatic heterocycles. The predicted molar refractivity (Wildman–Crippen MR) is 94.8 cm³/mol. The third-order valence-corrected chi connectivity index (χ3v) is 6.44. The van der Waals surface area contributed by atoms with E-state index >= 15 is 0 Å². The van der Waals surface area contributed by atoms with E-state index in [4.69, 9.17) is 16.1 Å². The fourth-order valence-electron chi connectivity index (χ4n) is 3.00. The van der Waals surface area contributed by atoms with Crippen LogP contribution in [0, 0.1) is 0 Å². The molecule has 1 fully saturated rings. The third kappa shape index (κ3) is 3.11. The van der Waals surface area contributed by atoms with Crippen LogP contribution < -0.4 is 0 Å². The molecule has 0 amide bonds. The number of benzene rings is 1. The lowest BCUT2D eigenvalue weighted by atomic mass is 10.2. The van der Waals surface area contributed by atoms with Gasteiger partial charge < -0.3 is 4.52 Å². The summed E-state index contributed by atoms with van der Waals surface area (Å²) < 4.78 is 32.8. The summed E-state index contributed by atoms with van der Waals surface area (Å²) in [7, 11) is -3.67. The van der Waals surface area contributed by atoms with E-state index in [2.05, 4.69) is 15.1 Å². The Balaban J connectivity index is 1.65. The molecule has 0 unspecified atom stereocenters. The molecule has 1 atom stereocenters. The number of halogens is 1. The van der Waals surface area contributed by atoms with Crippen molar-refractivity contribution in [3.05, 3.63) is 59.7 Å². The normalized spacial score (nSPS) is 18.3. The first-order valence-electron chi connectivity index (χ1n) is 8.07. The van der Waals surface area contributed by atoms with E-state index in [0.717, 1.165) is 6.42 Å². The van der Waals surface area contributed by atoms with Gasteiger partial charge in [0.05, 0.1) is 4.90 Å². The van der Waals surface area contributed by atoms with Gasteiger partial charge in [0.15, 0.2) is 0 Å². The molecule has 4 rings (SSSR count). The summed E-state index contributed by atoms with van der Waals surface area (Å²) in [6.07, 6.45) is 4.64. The standard InChI is InChI=1S/C17H15ClN4O3S/c18-13-5-7-14(8-6-13)26(23,24)22-10-2-4-15(22)17-20-16(21-25-17)12-3-1-9-19-11-12/h1,3,5-9,11,15H,2,4,10H2/t15-/m0/s1. The summed E-state index contributed by atoms with van der Waals surface area (Å²) in [6.45, 7) is 0.403. The van der Waals surface area contributed by atoms with Gasteiger partial charge in [0, 0.05) is 29.5 Å². The van der Waals surface area contributed by atoms with Crippen LogP contribution in [0.15, 0.2) is 58.2 Å². The molecule has 1 saturated heterocycles. The average Bonchev–Trinajstić information content (AvgIpc) is 3.32. The minimum absolute atomic E-state index is 0.195. The van der Waals surface area contributed by atoms with Crippen molar-refractivity contribution in [2.24, 2.45) is 0 Å². The Labute approximate surface area is 155 Å². The second-order valence-corrected chi connectivity index (χ2v) is 8.25. The van der Waals surface area contributed by atoms with Crippen molar-refractivity contribution < 1.29 is 12.9 Å². The van der Waals surface area contributed by atoms with Crippen LogP contribution in [0.2, 0.25) is 5.02 Å². The van der Waals surface area contributed by atoms with Crippen molar-refractivity contribution in [1.29, 1.82) is 0 Å². The minimum Gasteiger partial charge on any atom is -0.337 e. The van der Waals surface area contributed by atoms with E-state index < -0.39 is 16.1 Å². The zero-order valence-electron chi connectivity index (χ0n) is 13.6. The third-order valence-electron chi connectivity index (χ3n) is 4.27. The van der Waals surface area contributed by atoms with E-state index in [-0.39, 0.29) is 4.90 Å². The van der Waals surface area contributed by atoms with Crippen LogP contribution in [-0.2, 0) is 10.0 Å². The second-order valence-electron chi connectivity index (χ2n) is 5.93. The molecule has 0 radical (unpaired) electrons. The van der Waals surface area contributed by atoms with Gasteiger partial charge in [-0.25, -0.2) is 8.42 Å². The maximum atomic E-state index is 13.0. The first kappa shape index (κ1) is 17.1. The molecular formula is C17H15ClN4O3S. The Kier molecular flexibility index (Phi) is 4.47. The minimum atomic E-state index is -3.67. The number of pyridine rings is 1. The predicted octanol–water partition coefficient (Wildman–Crippen LogP) is 3.31. The molecule has 1 aromatic carbocycles. The molecule has 7 nitrogen and oxygen atoms in total. The molecule has 0 N–H and O–H groups in total. The van der Waals surface area contributed by atoms with Gasteiger partial charge in [0.1, 0.15) is 6.04 Å². The zero-order valence-corrected chi connectivity index (χ0v) is 15.2. The summed E-state index contributed by atoms with van der Waals surface area (Å²) in [5.74, 6) is 0.683. The number of hydrogen-bond donors (Lipinski definition) is 0. The van der Waals surface area contributed by atoms with Gasteiger partial charge in [-0.05, 0) is 49.2 Å². The van der Waals surface area contributed by atoms with Crippen molar-refractivity contribution >= 4 is 21.6 Å². The fourth-order valence-corrected chi connectivity index (χ4v) is 4.78. The topological polar surface area (TPSA) is 89.2 Å². The summed E-state index contributed by atoms with van der Waals surface area (Å²) in [4.78, 5) is 8.61. The van der Waals surface area contributed by atoms with E-state index in [1.165, 1.54) is 16.4 Å². The lowest BCUT2D eigenvalue weighted by Crippen LogP contribution is -2.30. The van der Waals surface area contributed by atoms with Gasteiger partial charge >= 0.3 is 0 Å². The summed E-state index contributed by atoms with van der Waals surface area (Å²) >= 11 is 5.86. The first-order valence-corrected chi connectivity index (χ1v) is 9.89. The zero-order chi connectivity index (χ0) is 18.1. The van der Waals surface area contributed by atoms with Gasteiger partial charge in [0.25, 0.3) is 0 Å². The van der Waals surface area contributed by atoms with Gasteiger partial charge in [-0.2, -0.15) is 9.29 Å². The van der Waals surface area contributed by atoms with Crippen LogP contribution in [-0.4, -0.2) is 34.4 Å². The SMILES string of the molecule is O=S(=O)(c1ccc(Cl)cc1)N1CCC[C@H]1c1nc(-c2cccnc2)no1. The molecule has 26 heavy (non-hydrogen) atoms. The summed E-state index contributed by atoms with van der Waals surface area (Å²) in [6, 6.07) is 9.24. The molecule has 9 heteroatoms. The summed E-state index contributed by atoms with van der Waals surface area (Å²) in [5.41, 5.74) is 0.715. The van der Waals surface area contributed by atoms with Gasteiger partial charge in [-0.15, -0.1) is 0 Å². The number of sulfonamides is 1. The Morgan fingerprint density at radius 2 is 2.00 bits per heavy atom. The van der Waals surface area contributed by atoms with Crippen molar-refractivity contribution in [3.63, 3.8) is 0 Å². The van der Waals surface area contributed by atoms with Crippen LogP contribution >= 0.6 is 11.6 Å². The maximum absolute atomic E-state index is 13.0. The van der Waals surface area contributed by atoms with Crippen molar-refractivity contribution in [1.82, 2.24) is 19.4 Å². The molecule has 0 bridgehead atoms. The van der Waals surface area contributed by atoms with Crippen molar-refractivity contribution in [2.45, 2.75) is 23.8 Å². The smallest absolute Gasteiger partial charge is 0.245 e. The average molecular weight is 391 g/mol. The Morgan fingerprint density at radius 3 is 2.73 bits per heavy atom. The van der Waals surface area contributed by atoms with Crippen LogP contribution in [0.25, 0.3) is 11.4 Å². The van der Waals surface area contributed by atoms with E-state index in [1.54, 1.807) is 30.6 Å². The summed E-state index contributed by atoms with van der Waals surface area (Å²) in [5, 5.41) is 4.45. The molecule has 0 saturated carbocycles. The van der Waals surface area contributed by atoms with Gasteiger partial charge in [-0.3, -0.25) is 4.98 Å². The van der Waals surface area contributed by atoms with E-state index in [1.807, 2.05) is 6.07 Å². The number of aromatic nitrogens is 3. The highest BCUT2D eigenvalue weighted by molar-refractivity contribution is 7.89. The van der Waals surface area contributed by atoms with E-state index in [0.29, 0.717) is 35.3 Å². The van der Waals surface area contributed by atoms with Gasteiger partial charge in [-0.1, -0.05) is 16.8 Å². The lowest BCUT2D eigenvalue weighted by molar-refractivity contribution is 0.290.